The van der Waals surface area contributed by atoms with Gasteiger partial charge in [-0.15, -0.1) is 0 Å². The van der Waals surface area contributed by atoms with Gasteiger partial charge in [-0.05, 0) is 58.6 Å². The monoisotopic (exact) mass is 498 g/mol. The summed E-state index contributed by atoms with van der Waals surface area (Å²) >= 11 is 0. The predicted molar refractivity (Wildman–Crippen MR) is 125 cm³/mol. The van der Waals surface area contributed by atoms with E-state index in [-0.39, 0.29) is 47.4 Å². The second-order valence-electron chi connectivity index (χ2n) is 11.3. The van der Waals surface area contributed by atoms with Crippen molar-refractivity contribution in [1.82, 2.24) is 25.2 Å². The molecule has 2 aromatic heterocycles. The first-order chi connectivity index (χ1) is 17.9. The lowest BCUT2D eigenvalue weighted by Gasteiger charge is -3.10. The van der Waals surface area contributed by atoms with Crippen molar-refractivity contribution in [2.24, 2.45) is 40.9 Å². The Hall–Kier alpha value is -3.99. The molecular weight excluding hydrogens is 476 g/mol. The summed E-state index contributed by atoms with van der Waals surface area (Å²) in [6.07, 6.45) is 1.54. The molecule has 37 heavy (non-hydrogen) atoms. The number of carbonyl (C=O) groups is 3. The number of benzene rings is 1. The topological polar surface area (TPSA) is 147 Å². The fourth-order valence-corrected chi connectivity index (χ4v) is 9.08. The van der Waals surface area contributed by atoms with E-state index in [1.807, 2.05) is 6.07 Å². The predicted octanol–water partition coefficient (Wildman–Crippen LogP) is 0.203. The Morgan fingerprint density at radius 1 is 1.08 bits per heavy atom. The summed E-state index contributed by atoms with van der Waals surface area (Å²) in [5.74, 6) is 2.77. The molecule has 0 saturated heterocycles. The van der Waals surface area contributed by atoms with Crippen molar-refractivity contribution in [3.63, 3.8) is 0 Å². The minimum Gasteiger partial charge on any atom is -0.482 e. The molecule has 11 heteroatoms. The summed E-state index contributed by atoms with van der Waals surface area (Å²) in [5, 5.41) is 23.5. The van der Waals surface area contributed by atoms with E-state index >= 15 is 0 Å². The number of aliphatic hydroxyl groups is 1. The van der Waals surface area contributed by atoms with E-state index in [0.29, 0.717) is 59.1 Å². The summed E-state index contributed by atoms with van der Waals surface area (Å²) in [7, 11) is 0. The van der Waals surface area contributed by atoms with Gasteiger partial charge in [-0.3, -0.25) is 14.4 Å². The standard InChI is InChI=1S/C26H22N6O5/c33-16-8-37-14-2-1-10(5-11(14)31-16)7-27-23(34)12-6-13(32-15(30-12)3-4-29-32)24(35)28-9-25-17-20-18(25)22-19(25)21(17)26(20,22)36/h1-6,17-22,36H,7-9H2,(H,27,34)(H,28,35)(H,31,33). The zero-order chi connectivity index (χ0) is 24.8. The molecule has 6 saturated carbocycles. The summed E-state index contributed by atoms with van der Waals surface area (Å²) in [6, 6.07) is 8.43. The quantitative estimate of drug-likeness (QED) is 0.380. The zero-order valence-corrected chi connectivity index (χ0v) is 19.5. The first-order valence-electron chi connectivity index (χ1n) is 12.6. The molecule has 0 atom stereocenters. The van der Waals surface area contributed by atoms with Crippen molar-refractivity contribution in [1.29, 1.82) is 0 Å². The average molecular weight is 498 g/mol. The fourth-order valence-electron chi connectivity index (χ4n) is 9.08. The number of nitrogens with one attached hydrogen (secondary N) is 3. The van der Waals surface area contributed by atoms with Gasteiger partial charge in [0.15, 0.2) is 12.3 Å². The van der Waals surface area contributed by atoms with Crippen LogP contribution in [-0.2, 0) is 11.3 Å². The minimum absolute atomic E-state index is 0.0185. The summed E-state index contributed by atoms with van der Waals surface area (Å²) < 4.78 is 6.82. The van der Waals surface area contributed by atoms with Crippen molar-refractivity contribution < 1.29 is 24.2 Å². The number of fused-ring (bicyclic) bond motifs is 2. The van der Waals surface area contributed by atoms with Crippen LogP contribution in [-0.4, -0.2) is 56.2 Å². The maximum atomic E-state index is 13.2. The van der Waals surface area contributed by atoms with Gasteiger partial charge in [-0.1, -0.05) is 6.07 Å². The van der Waals surface area contributed by atoms with Gasteiger partial charge in [-0.2, -0.15) is 5.10 Å². The molecule has 11 nitrogen and oxygen atoms in total. The van der Waals surface area contributed by atoms with Crippen LogP contribution in [0.15, 0.2) is 36.5 Å². The molecule has 186 valence electrons. The van der Waals surface area contributed by atoms with Crippen molar-refractivity contribution in [3.8, 4) is 5.75 Å². The van der Waals surface area contributed by atoms with E-state index in [1.54, 1.807) is 24.4 Å². The maximum Gasteiger partial charge on any atom is 0.270 e. The number of aromatic nitrogens is 3. The molecule has 4 N–H and O–H groups in total. The Bertz CT molecular complexity index is 1560. The van der Waals surface area contributed by atoms with Crippen LogP contribution in [0.5, 0.6) is 5.75 Å². The number of rotatable bonds is 6. The normalized spacial score (nSPS) is 37.8. The number of anilines is 1. The van der Waals surface area contributed by atoms with Gasteiger partial charge in [0.1, 0.15) is 17.1 Å². The van der Waals surface area contributed by atoms with E-state index in [0.717, 1.165) is 5.56 Å². The van der Waals surface area contributed by atoms with Crippen molar-refractivity contribution in [2.75, 3.05) is 18.5 Å². The van der Waals surface area contributed by atoms with Gasteiger partial charge in [0.05, 0.1) is 17.5 Å². The number of hydrogen-bond donors (Lipinski definition) is 4. The van der Waals surface area contributed by atoms with E-state index in [9.17, 15) is 19.5 Å². The van der Waals surface area contributed by atoms with Gasteiger partial charge in [0.2, 0.25) is 0 Å². The van der Waals surface area contributed by atoms with E-state index < -0.39 is 5.91 Å². The molecule has 3 amide bonds. The Balaban J connectivity index is 0.917. The summed E-state index contributed by atoms with van der Waals surface area (Å²) in [5.41, 5.74) is 1.96. The lowest BCUT2D eigenvalue weighted by molar-refractivity contribution is -0.659. The molecule has 0 radical (unpaired) electrons. The number of ether oxygens (including phenoxy) is 1. The molecule has 6 fully saturated rings. The first kappa shape index (κ1) is 20.1. The highest BCUT2D eigenvalue weighted by atomic mass is 16.5. The lowest BCUT2D eigenvalue weighted by atomic mass is 8.95. The van der Waals surface area contributed by atoms with Gasteiger partial charge in [0.25, 0.3) is 17.7 Å². The fraction of sp³-hybridized carbons (Fsp3) is 0.423. The third-order valence-corrected chi connectivity index (χ3v) is 10.3. The van der Waals surface area contributed by atoms with Crippen LogP contribution in [0, 0.1) is 40.9 Å². The number of nitrogens with zero attached hydrogens (tertiary/aromatic N) is 3. The third kappa shape index (κ3) is 2.04. The van der Waals surface area contributed by atoms with E-state index in [4.69, 9.17) is 4.74 Å². The van der Waals surface area contributed by atoms with Crippen LogP contribution in [0.4, 0.5) is 5.69 Å². The van der Waals surface area contributed by atoms with Crippen molar-refractivity contribution in [2.45, 2.75) is 12.1 Å². The Labute approximate surface area is 209 Å². The first-order valence-corrected chi connectivity index (χ1v) is 12.6. The van der Waals surface area contributed by atoms with Gasteiger partial charge >= 0.3 is 0 Å². The summed E-state index contributed by atoms with van der Waals surface area (Å²) in [4.78, 5) is 42.2. The van der Waals surface area contributed by atoms with Crippen LogP contribution in [0.25, 0.3) is 5.65 Å². The Kier molecular flexibility index (Phi) is 3.32. The molecule has 3 aromatic rings. The van der Waals surface area contributed by atoms with Crippen LogP contribution < -0.4 is 20.7 Å². The van der Waals surface area contributed by atoms with E-state index in [2.05, 4.69) is 26.0 Å². The lowest BCUT2D eigenvalue weighted by Crippen LogP contribution is -3.13. The van der Waals surface area contributed by atoms with Crippen molar-refractivity contribution in [3.05, 3.63) is 53.5 Å². The second-order valence-corrected chi connectivity index (χ2v) is 11.3. The second kappa shape index (κ2) is 6.10. The van der Waals surface area contributed by atoms with Crippen molar-refractivity contribution >= 4 is 29.1 Å². The number of amides is 3. The highest BCUT2D eigenvalue weighted by Gasteiger charge is 3.09. The zero-order valence-electron chi connectivity index (χ0n) is 19.5. The molecular formula is C26H22N6O5. The molecule has 0 spiro atoms. The van der Waals surface area contributed by atoms with Crippen LogP contribution >= 0.6 is 0 Å². The number of hydrogen-bond acceptors (Lipinski definition) is 7. The number of carbonyl (C=O) groups excluding carboxylic acids is 3. The molecule has 0 unspecified atom stereocenters. The average Bonchev–Trinajstić information content (AvgIpc) is 3.39. The highest BCUT2D eigenvalue weighted by Crippen LogP contribution is 3.06. The molecule has 3 heterocycles. The maximum absolute atomic E-state index is 13.2. The highest BCUT2D eigenvalue weighted by molar-refractivity contribution is 5.98. The van der Waals surface area contributed by atoms with E-state index in [1.165, 1.54) is 10.6 Å². The van der Waals surface area contributed by atoms with Crippen LogP contribution in [0.3, 0.4) is 0 Å². The Morgan fingerprint density at radius 2 is 1.86 bits per heavy atom. The molecule has 10 rings (SSSR count). The molecule has 1 aromatic carbocycles. The van der Waals surface area contributed by atoms with Gasteiger partial charge in [-0.25, -0.2) is 9.50 Å². The largest absolute Gasteiger partial charge is 0.482 e. The van der Waals surface area contributed by atoms with Gasteiger partial charge < -0.3 is 25.8 Å². The minimum atomic E-state index is -0.426. The van der Waals surface area contributed by atoms with Gasteiger partial charge in [0, 0.05) is 25.2 Å². The van der Waals surface area contributed by atoms with Crippen LogP contribution in [0.1, 0.15) is 26.5 Å². The molecule has 1 aliphatic heterocycles. The summed E-state index contributed by atoms with van der Waals surface area (Å²) in [6.45, 7) is 0.796. The Morgan fingerprint density at radius 3 is 2.65 bits per heavy atom. The molecule has 7 aliphatic rings. The third-order valence-electron chi connectivity index (χ3n) is 10.3. The molecule has 6 aliphatic carbocycles. The van der Waals surface area contributed by atoms with Crippen LogP contribution in [0.2, 0.25) is 0 Å². The molecule has 0 bridgehead atoms. The smallest absolute Gasteiger partial charge is 0.270 e. The SMILES string of the molecule is O=C1COc2ccc(CNC(=O)c3cc(C(=O)NCC45C6C7C4C4C5C6C74O)n4nccc4n3)cc2N1.